The van der Waals surface area contributed by atoms with Crippen molar-refractivity contribution in [3.63, 3.8) is 0 Å². The predicted octanol–water partition coefficient (Wildman–Crippen LogP) is 1.60. The Morgan fingerprint density at radius 1 is 1.33 bits per heavy atom. The summed E-state index contributed by atoms with van der Waals surface area (Å²) in [5.41, 5.74) is -1.71. The highest BCUT2D eigenvalue weighted by Gasteiger charge is 2.44. The van der Waals surface area contributed by atoms with E-state index < -0.39 is 22.8 Å². The summed E-state index contributed by atoms with van der Waals surface area (Å²) in [6.07, 6.45) is 1.31. The number of hydrogen-bond acceptors (Lipinski definition) is 4. The molecule has 0 spiro atoms. The Hall–Kier alpha value is -1.85. The van der Waals surface area contributed by atoms with Crippen molar-refractivity contribution in [1.82, 2.24) is 10.5 Å². The second-order valence-electron chi connectivity index (χ2n) is 5.30. The average molecular weight is 254 g/mol. The molecule has 0 unspecified atom stereocenters. The smallest absolute Gasteiger partial charge is 0.311 e. The number of carbonyl (C=O) groups is 2. The summed E-state index contributed by atoms with van der Waals surface area (Å²) in [6, 6.07) is 0. The molecule has 2 N–H and O–H groups in total. The molecular formula is C12H18N2O4. The Bertz CT molecular complexity index is 474. The molecule has 6 heteroatoms. The molecule has 6 nitrogen and oxygen atoms in total. The molecule has 0 saturated carbocycles. The van der Waals surface area contributed by atoms with Crippen LogP contribution in [-0.4, -0.2) is 27.7 Å². The minimum absolute atomic E-state index is 0.310. The molecular weight excluding hydrogens is 236 g/mol. The van der Waals surface area contributed by atoms with Gasteiger partial charge in [-0.1, -0.05) is 5.16 Å². The maximum atomic E-state index is 12.0. The normalized spacial score (nSPS) is 12.3. The summed E-state index contributed by atoms with van der Waals surface area (Å²) in [5, 5.41) is 15.4. The number of carbonyl (C=O) groups excluding carboxylic acids is 1. The van der Waals surface area contributed by atoms with Gasteiger partial charge < -0.3 is 14.9 Å². The Morgan fingerprint density at radius 2 is 1.89 bits per heavy atom. The Balaban J connectivity index is 2.94. The third-order valence-corrected chi connectivity index (χ3v) is 3.52. The van der Waals surface area contributed by atoms with E-state index in [0.29, 0.717) is 11.3 Å². The maximum absolute atomic E-state index is 12.0. The van der Waals surface area contributed by atoms with Crippen molar-refractivity contribution in [2.45, 2.75) is 40.2 Å². The number of aromatic nitrogens is 1. The summed E-state index contributed by atoms with van der Waals surface area (Å²) >= 11 is 0. The van der Waals surface area contributed by atoms with Crippen molar-refractivity contribution in [2.24, 2.45) is 5.41 Å². The zero-order chi connectivity index (χ0) is 14.1. The van der Waals surface area contributed by atoms with E-state index in [9.17, 15) is 14.7 Å². The summed E-state index contributed by atoms with van der Waals surface area (Å²) < 4.78 is 4.81. The molecule has 0 aromatic carbocycles. The molecule has 1 amide bonds. The molecule has 0 aliphatic carbocycles. The van der Waals surface area contributed by atoms with E-state index in [1.165, 1.54) is 6.20 Å². The van der Waals surface area contributed by atoms with Gasteiger partial charge >= 0.3 is 5.97 Å². The molecule has 1 aromatic rings. The molecule has 1 rings (SSSR count). The highest BCUT2D eigenvalue weighted by Crippen LogP contribution is 2.31. The number of nitrogens with one attached hydrogen (secondary N) is 1. The van der Waals surface area contributed by atoms with Gasteiger partial charge in [-0.05, 0) is 34.6 Å². The van der Waals surface area contributed by atoms with Crippen molar-refractivity contribution >= 4 is 11.9 Å². The number of hydrogen-bond donors (Lipinski definition) is 2. The number of amides is 1. The number of carboxylic acid groups (broad SMARTS) is 1. The number of aliphatic carboxylic acids is 1. The lowest BCUT2D eigenvalue weighted by molar-refractivity contribution is -0.150. The van der Waals surface area contributed by atoms with E-state index >= 15 is 0 Å². The topological polar surface area (TPSA) is 92.4 Å². The van der Waals surface area contributed by atoms with Gasteiger partial charge in [-0.2, -0.15) is 0 Å². The highest BCUT2D eigenvalue weighted by molar-refractivity contribution is 5.95. The zero-order valence-electron chi connectivity index (χ0n) is 11.2. The SMILES string of the molecule is Cc1oncc1C(=O)NC(C)(C)C(C)(C)C(=O)O. The summed E-state index contributed by atoms with van der Waals surface area (Å²) in [5.74, 6) is -0.973. The Kier molecular flexibility index (Phi) is 3.50. The van der Waals surface area contributed by atoms with Gasteiger partial charge in [-0.15, -0.1) is 0 Å². The third kappa shape index (κ3) is 2.37. The van der Waals surface area contributed by atoms with Gasteiger partial charge in [0, 0.05) is 0 Å². The maximum Gasteiger partial charge on any atom is 0.311 e. The first-order valence-electron chi connectivity index (χ1n) is 5.57. The van der Waals surface area contributed by atoms with Crippen LogP contribution in [-0.2, 0) is 4.79 Å². The number of aryl methyl sites for hydroxylation is 1. The highest BCUT2D eigenvalue weighted by atomic mass is 16.5. The molecule has 0 aliphatic rings. The van der Waals surface area contributed by atoms with E-state index in [1.807, 2.05) is 0 Å². The average Bonchev–Trinajstić information content (AvgIpc) is 2.63. The van der Waals surface area contributed by atoms with Crippen LogP contribution in [0.5, 0.6) is 0 Å². The first kappa shape index (κ1) is 14.2. The van der Waals surface area contributed by atoms with Gasteiger partial charge in [0.05, 0.1) is 17.2 Å². The third-order valence-electron chi connectivity index (χ3n) is 3.52. The quantitative estimate of drug-likeness (QED) is 0.851. The molecule has 100 valence electrons. The second kappa shape index (κ2) is 4.44. The van der Waals surface area contributed by atoms with Crippen LogP contribution in [0, 0.1) is 12.3 Å². The van der Waals surface area contributed by atoms with E-state index in [2.05, 4.69) is 10.5 Å². The van der Waals surface area contributed by atoms with Crippen molar-refractivity contribution in [3.05, 3.63) is 17.5 Å². The van der Waals surface area contributed by atoms with Gasteiger partial charge in [-0.3, -0.25) is 9.59 Å². The molecule has 0 atom stereocenters. The minimum atomic E-state index is -1.10. The first-order valence-corrected chi connectivity index (χ1v) is 5.57. The van der Waals surface area contributed by atoms with E-state index in [0.717, 1.165) is 0 Å². The number of carboxylic acids is 1. The molecule has 0 aliphatic heterocycles. The fourth-order valence-electron chi connectivity index (χ4n) is 1.29. The van der Waals surface area contributed by atoms with Crippen molar-refractivity contribution in [1.29, 1.82) is 0 Å². The molecule has 0 fully saturated rings. The van der Waals surface area contributed by atoms with Crippen LogP contribution < -0.4 is 5.32 Å². The molecule has 0 saturated heterocycles. The fraction of sp³-hybridized carbons (Fsp3) is 0.583. The largest absolute Gasteiger partial charge is 0.481 e. The Morgan fingerprint density at radius 3 is 2.28 bits per heavy atom. The molecule has 1 aromatic heterocycles. The summed E-state index contributed by atoms with van der Waals surface area (Å²) in [7, 11) is 0. The second-order valence-corrected chi connectivity index (χ2v) is 5.30. The summed E-state index contributed by atoms with van der Waals surface area (Å²) in [4.78, 5) is 23.2. The van der Waals surface area contributed by atoms with E-state index in [-0.39, 0.29) is 0 Å². The van der Waals surface area contributed by atoms with Gasteiger partial charge in [0.15, 0.2) is 0 Å². The monoisotopic (exact) mass is 254 g/mol. The van der Waals surface area contributed by atoms with Crippen molar-refractivity contribution in [2.75, 3.05) is 0 Å². The van der Waals surface area contributed by atoms with Crippen LogP contribution in [0.2, 0.25) is 0 Å². The number of nitrogens with zero attached hydrogens (tertiary/aromatic N) is 1. The van der Waals surface area contributed by atoms with E-state index in [4.69, 9.17) is 4.52 Å². The molecule has 1 heterocycles. The standard InChI is InChI=1S/C12H18N2O4/c1-7-8(6-13-18-7)9(15)14-12(4,5)11(2,3)10(16)17/h6H,1-5H3,(H,14,15)(H,16,17). The van der Waals surface area contributed by atoms with E-state index in [1.54, 1.807) is 34.6 Å². The lowest BCUT2D eigenvalue weighted by atomic mass is 9.74. The van der Waals surface area contributed by atoms with Gasteiger partial charge in [0.1, 0.15) is 11.3 Å². The molecule has 18 heavy (non-hydrogen) atoms. The van der Waals surface area contributed by atoms with Gasteiger partial charge in [0.2, 0.25) is 0 Å². The molecule has 0 radical (unpaired) electrons. The lowest BCUT2D eigenvalue weighted by Crippen LogP contribution is -2.57. The van der Waals surface area contributed by atoms with Crippen LogP contribution in [0.3, 0.4) is 0 Å². The van der Waals surface area contributed by atoms with Gasteiger partial charge in [-0.25, -0.2) is 0 Å². The molecule has 0 bridgehead atoms. The van der Waals surface area contributed by atoms with Crippen LogP contribution >= 0.6 is 0 Å². The minimum Gasteiger partial charge on any atom is -0.481 e. The lowest BCUT2D eigenvalue weighted by Gasteiger charge is -2.38. The first-order chi connectivity index (χ1) is 8.09. The Labute approximate surface area is 105 Å². The van der Waals surface area contributed by atoms with Gasteiger partial charge in [0.25, 0.3) is 5.91 Å². The zero-order valence-corrected chi connectivity index (χ0v) is 11.2. The predicted molar refractivity (Wildman–Crippen MR) is 64.2 cm³/mol. The van der Waals surface area contributed by atoms with Crippen LogP contribution in [0.4, 0.5) is 0 Å². The van der Waals surface area contributed by atoms with Crippen molar-refractivity contribution in [3.8, 4) is 0 Å². The fourth-order valence-corrected chi connectivity index (χ4v) is 1.29. The van der Waals surface area contributed by atoms with Crippen molar-refractivity contribution < 1.29 is 19.2 Å². The van der Waals surface area contributed by atoms with Crippen LogP contribution in [0.15, 0.2) is 10.7 Å². The van der Waals surface area contributed by atoms with Crippen LogP contribution in [0.1, 0.15) is 43.8 Å². The number of rotatable bonds is 4. The van der Waals surface area contributed by atoms with Crippen LogP contribution in [0.25, 0.3) is 0 Å². The summed E-state index contributed by atoms with van der Waals surface area (Å²) in [6.45, 7) is 8.09.